The van der Waals surface area contributed by atoms with Gasteiger partial charge in [-0.1, -0.05) is 33.8 Å². The second-order valence-electron chi connectivity index (χ2n) is 10.7. The van der Waals surface area contributed by atoms with Crippen LogP contribution in [0, 0.1) is 0 Å². The minimum atomic E-state index is -2.14. The summed E-state index contributed by atoms with van der Waals surface area (Å²) in [5.41, 5.74) is 0. The molecule has 0 aromatic heterocycles. The molecule has 1 spiro atoms. The predicted octanol–water partition coefficient (Wildman–Crippen LogP) is 4.45. The highest BCUT2D eigenvalue weighted by Gasteiger charge is 2.62. The van der Waals surface area contributed by atoms with Crippen LogP contribution in [0.5, 0.6) is 0 Å². The van der Waals surface area contributed by atoms with Gasteiger partial charge in [0.1, 0.15) is 30.5 Å². The van der Waals surface area contributed by atoms with E-state index in [0.29, 0.717) is 12.8 Å². The Balaban J connectivity index is 1.64. The molecule has 1 aliphatic carbocycles. The van der Waals surface area contributed by atoms with E-state index in [0.717, 1.165) is 50.2 Å². The van der Waals surface area contributed by atoms with Crippen LogP contribution in [-0.2, 0) is 37.7 Å². The fraction of sp³-hybridized carbons (Fsp3) is 0.852. The zero-order valence-corrected chi connectivity index (χ0v) is 23.4. The molecule has 9 heteroatoms. The van der Waals surface area contributed by atoms with E-state index in [1.807, 2.05) is 0 Å². The maximum atomic E-state index is 13.3. The average Bonchev–Trinajstić information content (AvgIpc) is 3.28. The van der Waals surface area contributed by atoms with Gasteiger partial charge in [-0.2, -0.15) is 0 Å². The summed E-state index contributed by atoms with van der Waals surface area (Å²) >= 11 is 0. The van der Waals surface area contributed by atoms with E-state index in [1.54, 1.807) is 0 Å². The Kier molecular flexibility index (Phi) is 9.11. The van der Waals surface area contributed by atoms with Gasteiger partial charge in [-0.15, -0.1) is 0 Å². The number of rotatable bonds is 10. The van der Waals surface area contributed by atoms with Crippen LogP contribution in [0.25, 0.3) is 0 Å². The molecule has 0 radical (unpaired) electrons. The van der Waals surface area contributed by atoms with Crippen molar-refractivity contribution in [2.75, 3.05) is 7.11 Å². The van der Waals surface area contributed by atoms with Crippen molar-refractivity contribution in [2.45, 2.75) is 139 Å². The van der Waals surface area contributed by atoms with E-state index >= 15 is 0 Å². The van der Waals surface area contributed by atoms with Crippen LogP contribution in [0.15, 0.2) is 12.7 Å². The molecule has 36 heavy (non-hydrogen) atoms. The SMILES string of the molecule is C=CC(=O)[C@@H](O[Si](CC)(CC)CC)[C@@H]1O[C@H]2CCC(CC(=O)OC)O[C@@H]2C2OC3(CCCCC3)OC21. The topological polar surface area (TPSA) is 89.5 Å². The van der Waals surface area contributed by atoms with Crippen molar-refractivity contribution in [3.63, 3.8) is 0 Å². The molecule has 3 aliphatic heterocycles. The van der Waals surface area contributed by atoms with E-state index < -0.39 is 38.5 Å². The van der Waals surface area contributed by atoms with E-state index in [1.165, 1.54) is 13.2 Å². The summed E-state index contributed by atoms with van der Waals surface area (Å²) in [7, 11) is -0.749. The molecule has 4 fully saturated rings. The zero-order chi connectivity index (χ0) is 25.9. The third kappa shape index (κ3) is 5.52. The first-order valence-electron chi connectivity index (χ1n) is 13.9. The van der Waals surface area contributed by atoms with E-state index in [-0.39, 0.29) is 36.5 Å². The van der Waals surface area contributed by atoms with Gasteiger partial charge in [-0.3, -0.25) is 9.59 Å². The van der Waals surface area contributed by atoms with Crippen LogP contribution in [-0.4, -0.2) is 75.7 Å². The molecule has 3 heterocycles. The Morgan fingerprint density at radius 3 is 2.28 bits per heavy atom. The lowest BCUT2D eigenvalue weighted by atomic mass is 9.86. The summed E-state index contributed by atoms with van der Waals surface area (Å²) in [5, 5.41) is 0. The van der Waals surface area contributed by atoms with Gasteiger partial charge in [0.2, 0.25) is 0 Å². The van der Waals surface area contributed by atoms with Gasteiger partial charge in [0.05, 0.1) is 25.7 Å². The van der Waals surface area contributed by atoms with Gasteiger partial charge in [0.15, 0.2) is 19.9 Å². The normalized spacial score (nSPS) is 34.4. The predicted molar refractivity (Wildman–Crippen MR) is 136 cm³/mol. The Morgan fingerprint density at radius 1 is 1.00 bits per heavy atom. The fourth-order valence-electron chi connectivity index (χ4n) is 6.43. The van der Waals surface area contributed by atoms with Crippen molar-refractivity contribution in [3.05, 3.63) is 12.7 Å². The minimum Gasteiger partial charge on any atom is -0.469 e. The molecule has 204 valence electrons. The standard InChI is InChI=1S/C27H44O8Si/c1-6-19(28)22(35-36(7-2,8-3)9-4)24-26-25(33-27(34-26)15-11-10-12-16-27)23-20(32-24)14-13-18(31-23)17-21(29)30-5/h6,18,20,22-26H,1,7-17H2,2-5H3/t18?,20-,22+,23-,24-,25?,26?/m0/s1. The summed E-state index contributed by atoms with van der Waals surface area (Å²) in [4.78, 5) is 25.2. The Morgan fingerprint density at radius 2 is 1.67 bits per heavy atom. The molecule has 0 aromatic rings. The molecule has 7 atom stereocenters. The molecule has 1 saturated carbocycles. The van der Waals surface area contributed by atoms with Crippen molar-refractivity contribution in [1.29, 1.82) is 0 Å². The number of ether oxygens (including phenoxy) is 5. The molecule has 0 bridgehead atoms. The summed E-state index contributed by atoms with van der Waals surface area (Å²) in [6.07, 6.45) is 4.63. The van der Waals surface area contributed by atoms with Crippen molar-refractivity contribution in [1.82, 2.24) is 0 Å². The van der Waals surface area contributed by atoms with Gasteiger partial charge in [-0.25, -0.2) is 0 Å². The monoisotopic (exact) mass is 524 g/mol. The first-order valence-corrected chi connectivity index (χ1v) is 16.4. The van der Waals surface area contributed by atoms with Crippen LogP contribution < -0.4 is 0 Å². The maximum absolute atomic E-state index is 13.3. The molecular weight excluding hydrogens is 480 g/mol. The minimum absolute atomic E-state index is 0.169. The number of methoxy groups -OCH3 is 1. The Hall–Kier alpha value is -1.10. The molecule has 4 aliphatic rings. The van der Waals surface area contributed by atoms with Gasteiger partial charge < -0.3 is 28.1 Å². The average molecular weight is 525 g/mol. The fourth-order valence-corrected chi connectivity index (χ4v) is 9.22. The van der Waals surface area contributed by atoms with E-state index in [9.17, 15) is 9.59 Å². The van der Waals surface area contributed by atoms with Gasteiger partial charge in [0, 0.05) is 12.8 Å². The molecule has 0 aromatic carbocycles. The second kappa shape index (κ2) is 11.7. The lowest BCUT2D eigenvalue weighted by molar-refractivity contribution is -0.250. The zero-order valence-electron chi connectivity index (χ0n) is 22.4. The van der Waals surface area contributed by atoms with Crippen LogP contribution >= 0.6 is 0 Å². The van der Waals surface area contributed by atoms with Crippen molar-refractivity contribution < 1.29 is 37.7 Å². The number of hydrogen-bond donors (Lipinski definition) is 0. The quantitative estimate of drug-likeness (QED) is 0.235. The van der Waals surface area contributed by atoms with E-state index in [2.05, 4.69) is 27.4 Å². The number of esters is 1. The van der Waals surface area contributed by atoms with Crippen LogP contribution in [0.2, 0.25) is 18.1 Å². The Bertz CT molecular complexity index is 784. The molecule has 3 unspecified atom stereocenters. The van der Waals surface area contributed by atoms with Crippen LogP contribution in [0.3, 0.4) is 0 Å². The van der Waals surface area contributed by atoms with Gasteiger partial charge >= 0.3 is 5.97 Å². The summed E-state index contributed by atoms with van der Waals surface area (Å²) in [6.45, 7) is 10.2. The van der Waals surface area contributed by atoms with Crippen molar-refractivity contribution in [3.8, 4) is 0 Å². The van der Waals surface area contributed by atoms with Gasteiger partial charge in [-0.05, 0) is 49.9 Å². The summed E-state index contributed by atoms with van der Waals surface area (Å²) in [5.74, 6) is -1.14. The molecule has 0 N–H and O–H groups in total. The summed E-state index contributed by atoms with van der Waals surface area (Å²) < 4.78 is 38.2. The highest BCUT2D eigenvalue weighted by molar-refractivity contribution is 6.73. The number of hydrogen-bond acceptors (Lipinski definition) is 8. The lowest BCUT2D eigenvalue weighted by Crippen LogP contribution is -2.64. The number of ketones is 1. The van der Waals surface area contributed by atoms with Crippen molar-refractivity contribution >= 4 is 20.1 Å². The van der Waals surface area contributed by atoms with Crippen LogP contribution in [0.1, 0.15) is 72.1 Å². The maximum Gasteiger partial charge on any atom is 0.308 e. The Labute approximate surface area is 216 Å². The first kappa shape index (κ1) is 27.9. The number of carbonyl (C=O) groups is 2. The third-order valence-electron chi connectivity index (χ3n) is 8.82. The number of carbonyl (C=O) groups excluding carboxylic acids is 2. The summed E-state index contributed by atoms with van der Waals surface area (Å²) in [6, 6.07) is 2.77. The molecule has 0 amide bonds. The first-order chi connectivity index (χ1) is 17.3. The molecule has 8 nitrogen and oxygen atoms in total. The number of fused-ring (bicyclic) bond motifs is 3. The highest BCUT2D eigenvalue weighted by Crippen LogP contribution is 2.48. The second-order valence-corrected chi connectivity index (χ2v) is 15.5. The third-order valence-corrected chi connectivity index (χ3v) is 13.4. The van der Waals surface area contributed by atoms with Crippen LogP contribution in [0.4, 0.5) is 0 Å². The van der Waals surface area contributed by atoms with E-state index in [4.69, 9.17) is 28.1 Å². The molecule has 4 rings (SSSR count). The molecule has 3 saturated heterocycles. The molecular formula is C27H44O8Si. The smallest absolute Gasteiger partial charge is 0.308 e. The highest BCUT2D eigenvalue weighted by atomic mass is 28.4. The largest absolute Gasteiger partial charge is 0.469 e. The van der Waals surface area contributed by atoms with Gasteiger partial charge in [0.25, 0.3) is 0 Å². The lowest BCUT2D eigenvalue weighted by Gasteiger charge is -2.48. The van der Waals surface area contributed by atoms with Crippen molar-refractivity contribution in [2.24, 2.45) is 0 Å².